The molecule has 2 aromatic rings. The van der Waals surface area contributed by atoms with Gasteiger partial charge in [-0.1, -0.05) is 18.2 Å². The fraction of sp³-hybridized carbons (Fsp3) is 0.500. The van der Waals surface area contributed by atoms with Crippen LogP contribution in [0.5, 0.6) is 0 Å². The molecule has 130 valence electrons. The van der Waals surface area contributed by atoms with E-state index in [0.29, 0.717) is 12.5 Å². The average molecular weight is 328 g/mol. The van der Waals surface area contributed by atoms with Gasteiger partial charge in [0.2, 0.25) is 0 Å². The lowest BCUT2D eigenvalue weighted by Crippen LogP contribution is -2.34. The summed E-state index contributed by atoms with van der Waals surface area (Å²) in [7, 11) is 0. The molecule has 0 bridgehead atoms. The van der Waals surface area contributed by atoms with Crippen LogP contribution < -0.4 is 5.32 Å². The minimum Gasteiger partial charge on any atom is -0.466 e. The predicted octanol–water partition coefficient (Wildman–Crippen LogP) is 3.71. The summed E-state index contributed by atoms with van der Waals surface area (Å²) in [6.07, 6.45) is 2.19. The Balaban J connectivity index is 1.62. The van der Waals surface area contributed by atoms with Crippen LogP contribution in [0.3, 0.4) is 0 Å². The number of anilines is 1. The van der Waals surface area contributed by atoms with E-state index in [1.807, 2.05) is 13.8 Å². The summed E-state index contributed by atoms with van der Waals surface area (Å²) >= 11 is 0. The molecule has 0 aliphatic carbocycles. The monoisotopic (exact) mass is 328 g/mol. The molecule has 1 aromatic heterocycles. The molecule has 1 aliphatic heterocycles. The van der Waals surface area contributed by atoms with E-state index in [1.54, 1.807) is 0 Å². The topological polar surface area (TPSA) is 48.6 Å². The highest BCUT2D eigenvalue weighted by Gasteiger charge is 2.19. The summed E-state index contributed by atoms with van der Waals surface area (Å²) < 4.78 is 5.61. The Hall–Kier alpha value is -1.78. The molecule has 0 amide bonds. The number of benzene rings is 1. The molecule has 0 saturated carbocycles. The number of aliphatic hydroxyl groups excluding tert-OH is 1. The predicted molar refractivity (Wildman–Crippen MR) is 97.0 cm³/mol. The van der Waals surface area contributed by atoms with Crippen LogP contribution in [0.1, 0.15) is 35.5 Å². The number of rotatable bonds is 6. The minimum absolute atomic E-state index is 0.329. The van der Waals surface area contributed by atoms with E-state index >= 15 is 0 Å². The van der Waals surface area contributed by atoms with Gasteiger partial charge in [-0.2, -0.15) is 0 Å². The highest BCUT2D eigenvalue weighted by molar-refractivity contribution is 5.51. The van der Waals surface area contributed by atoms with Gasteiger partial charge in [-0.05, 0) is 63.4 Å². The smallest absolute Gasteiger partial charge is 0.106 e. The standard InChI is InChI=1S/C20H28N2O2/c1-15-11-19(16(2)24-15)12-21-20-6-4-3-5-18(20)13-22-9-7-17(14-23)8-10-22/h3-6,11,17,21,23H,7-10,12-14H2,1-2H3. The summed E-state index contributed by atoms with van der Waals surface area (Å²) in [5.41, 5.74) is 3.74. The molecule has 2 N–H and O–H groups in total. The average Bonchev–Trinajstić information content (AvgIpc) is 2.92. The van der Waals surface area contributed by atoms with E-state index in [4.69, 9.17) is 4.42 Å². The molecule has 1 fully saturated rings. The molecule has 1 aromatic carbocycles. The van der Waals surface area contributed by atoms with Gasteiger partial charge >= 0.3 is 0 Å². The largest absolute Gasteiger partial charge is 0.466 e. The molecule has 0 radical (unpaired) electrons. The number of nitrogens with zero attached hydrogens (tertiary/aromatic N) is 1. The molecular formula is C20H28N2O2. The lowest BCUT2D eigenvalue weighted by atomic mass is 9.97. The molecule has 24 heavy (non-hydrogen) atoms. The van der Waals surface area contributed by atoms with Crippen molar-refractivity contribution in [3.8, 4) is 0 Å². The third-order valence-corrected chi connectivity index (χ3v) is 4.99. The number of aryl methyl sites for hydroxylation is 2. The normalized spacial score (nSPS) is 16.5. The summed E-state index contributed by atoms with van der Waals surface area (Å²) in [5.74, 6) is 2.44. The highest BCUT2D eigenvalue weighted by Crippen LogP contribution is 2.23. The maximum atomic E-state index is 9.28. The molecule has 0 spiro atoms. The van der Waals surface area contributed by atoms with Crippen LogP contribution in [0.4, 0.5) is 5.69 Å². The van der Waals surface area contributed by atoms with Crippen LogP contribution >= 0.6 is 0 Å². The molecule has 2 heterocycles. The fourth-order valence-corrected chi connectivity index (χ4v) is 3.45. The highest BCUT2D eigenvalue weighted by atomic mass is 16.3. The van der Waals surface area contributed by atoms with Crippen molar-refractivity contribution in [2.24, 2.45) is 5.92 Å². The van der Waals surface area contributed by atoms with Crippen LogP contribution in [0.2, 0.25) is 0 Å². The van der Waals surface area contributed by atoms with Crippen LogP contribution in [-0.4, -0.2) is 29.7 Å². The fourth-order valence-electron chi connectivity index (χ4n) is 3.45. The van der Waals surface area contributed by atoms with Crippen molar-refractivity contribution in [3.05, 3.63) is 53.0 Å². The van der Waals surface area contributed by atoms with Crippen molar-refractivity contribution in [2.75, 3.05) is 25.0 Å². The van der Waals surface area contributed by atoms with Crippen LogP contribution in [0.25, 0.3) is 0 Å². The Morgan fingerprint density at radius 2 is 1.92 bits per heavy atom. The second-order valence-corrected chi connectivity index (χ2v) is 6.85. The first kappa shape index (κ1) is 17.1. The van der Waals surface area contributed by atoms with Crippen molar-refractivity contribution >= 4 is 5.69 Å². The van der Waals surface area contributed by atoms with Gasteiger partial charge in [0.25, 0.3) is 0 Å². The number of hydrogen-bond donors (Lipinski definition) is 2. The molecule has 4 heteroatoms. The van der Waals surface area contributed by atoms with Gasteiger partial charge < -0.3 is 14.8 Å². The van der Waals surface area contributed by atoms with Crippen molar-refractivity contribution in [2.45, 2.75) is 39.8 Å². The van der Waals surface area contributed by atoms with Gasteiger partial charge in [-0.15, -0.1) is 0 Å². The zero-order chi connectivity index (χ0) is 16.9. The third kappa shape index (κ3) is 4.19. The first-order valence-electron chi connectivity index (χ1n) is 8.86. The maximum absolute atomic E-state index is 9.28. The first-order valence-corrected chi connectivity index (χ1v) is 8.86. The van der Waals surface area contributed by atoms with Gasteiger partial charge in [-0.25, -0.2) is 0 Å². The van der Waals surface area contributed by atoms with E-state index in [2.05, 4.69) is 40.5 Å². The summed E-state index contributed by atoms with van der Waals surface area (Å²) in [5, 5.41) is 12.8. The van der Waals surface area contributed by atoms with E-state index in [-0.39, 0.29) is 0 Å². The van der Waals surface area contributed by atoms with Crippen LogP contribution in [0.15, 0.2) is 34.7 Å². The van der Waals surface area contributed by atoms with Gasteiger partial charge in [-0.3, -0.25) is 4.90 Å². The third-order valence-electron chi connectivity index (χ3n) is 4.99. The SMILES string of the molecule is Cc1cc(CNc2ccccc2CN2CCC(CO)CC2)c(C)o1. The molecule has 1 aliphatic rings. The van der Waals surface area contributed by atoms with Gasteiger partial charge in [0, 0.05) is 30.9 Å². The second kappa shape index (κ2) is 7.86. The zero-order valence-electron chi connectivity index (χ0n) is 14.7. The Morgan fingerprint density at radius 3 is 2.58 bits per heavy atom. The van der Waals surface area contributed by atoms with E-state index in [1.165, 1.54) is 16.8 Å². The first-order chi connectivity index (χ1) is 11.7. The number of para-hydroxylation sites is 1. The lowest BCUT2D eigenvalue weighted by Gasteiger charge is -2.31. The number of piperidine rings is 1. The quantitative estimate of drug-likeness (QED) is 0.848. The number of aliphatic hydroxyl groups is 1. The van der Waals surface area contributed by atoms with Gasteiger partial charge in [0.1, 0.15) is 11.5 Å². The molecule has 0 unspecified atom stereocenters. The Labute approximate surface area is 144 Å². The Morgan fingerprint density at radius 1 is 1.17 bits per heavy atom. The Kier molecular flexibility index (Phi) is 5.59. The molecule has 3 rings (SSSR count). The van der Waals surface area contributed by atoms with Crippen molar-refractivity contribution in [1.29, 1.82) is 0 Å². The van der Waals surface area contributed by atoms with E-state index < -0.39 is 0 Å². The number of nitrogens with one attached hydrogen (secondary N) is 1. The number of furan rings is 1. The summed E-state index contributed by atoms with van der Waals surface area (Å²) in [4.78, 5) is 2.49. The minimum atomic E-state index is 0.329. The van der Waals surface area contributed by atoms with Crippen LogP contribution in [-0.2, 0) is 13.1 Å². The lowest BCUT2D eigenvalue weighted by molar-refractivity contribution is 0.127. The van der Waals surface area contributed by atoms with Gasteiger partial charge in [0.05, 0.1) is 0 Å². The number of hydrogen-bond acceptors (Lipinski definition) is 4. The summed E-state index contributed by atoms with van der Waals surface area (Å²) in [6, 6.07) is 10.6. The molecule has 1 saturated heterocycles. The zero-order valence-corrected chi connectivity index (χ0v) is 14.7. The summed E-state index contributed by atoms with van der Waals surface area (Å²) in [6.45, 7) is 8.22. The molecule has 4 nitrogen and oxygen atoms in total. The number of likely N-dealkylation sites (tertiary alicyclic amines) is 1. The van der Waals surface area contributed by atoms with Gasteiger partial charge in [0.15, 0.2) is 0 Å². The maximum Gasteiger partial charge on any atom is 0.106 e. The Bertz CT molecular complexity index is 657. The van der Waals surface area contributed by atoms with Crippen molar-refractivity contribution < 1.29 is 9.52 Å². The second-order valence-electron chi connectivity index (χ2n) is 6.85. The van der Waals surface area contributed by atoms with Crippen molar-refractivity contribution in [1.82, 2.24) is 4.90 Å². The molecular weight excluding hydrogens is 300 g/mol. The molecule has 0 atom stereocenters. The van der Waals surface area contributed by atoms with E-state index in [0.717, 1.165) is 50.5 Å². The van der Waals surface area contributed by atoms with Crippen LogP contribution in [0, 0.1) is 19.8 Å². The van der Waals surface area contributed by atoms with E-state index in [9.17, 15) is 5.11 Å². The van der Waals surface area contributed by atoms with Crippen molar-refractivity contribution in [3.63, 3.8) is 0 Å².